The summed E-state index contributed by atoms with van der Waals surface area (Å²) in [5.74, 6) is -4.93. The van der Waals surface area contributed by atoms with Crippen molar-refractivity contribution in [1.29, 1.82) is 0 Å². The van der Waals surface area contributed by atoms with Crippen molar-refractivity contribution in [2.45, 2.75) is 108 Å². The maximum atomic E-state index is 12.1. The van der Waals surface area contributed by atoms with Crippen molar-refractivity contribution in [3.63, 3.8) is 0 Å². The van der Waals surface area contributed by atoms with Gasteiger partial charge in [0, 0.05) is 0 Å². The molecule has 7 nitrogen and oxygen atoms in total. The monoisotopic (exact) mass is 430 g/mol. The van der Waals surface area contributed by atoms with Gasteiger partial charge in [0.2, 0.25) is 4.75 Å². The standard InChI is InChI=1S/C20H38O7S.Li.H/c1-3-5-7-9-11-13-15-17(18(21)22)20(19(23)24,28(25,26)27)16-14-12-10-8-6-4-2;;/h17H,3-16H2,1-2H3,(H,21,22)(H,23,24)(H,25,26,27);;. The van der Waals surface area contributed by atoms with Gasteiger partial charge in [-0.05, 0) is 12.8 Å². The number of hydrogen-bond donors (Lipinski definition) is 3. The third-order valence-electron chi connectivity index (χ3n) is 5.43. The summed E-state index contributed by atoms with van der Waals surface area (Å²) in [6.45, 7) is 4.14. The molecule has 0 bridgehead atoms. The van der Waals surface area contributed by atoms with Gasteiger partial charge < -0.3 is 10.2 Å². The Morgan fingerprint density at radius 2 is 1.21 bits per heavy atom. The Hall–Kier alpha value is -0.553. The van der Waals surface area contributed by atoms with Gasteiger partial charge in [-0.15, -0.1) is 0 Å². The Morgan fingerprint density at radius 3 is 1.59 bits per heavy atom. The molecular formula is C20H39LiO7S. The molecule has 0 amide bonds. The molecule has 0 aliphatic heterocycles. The third kappa shape index (κ3) is 10.3. The fourth-order valence-corrected chi connectivity index (χ4v) is 4.90. The Bertz CT molecular complexity index is 565. The van der Waals surface area contributed by atoms with Crippen LogP contribution in [-0.2, 0) is 19.7 Å². The Kier molecular flexibility index (Phi) is 17.1. The zero-order valence-corrected chi connectivity index (χ0v) is 18.2. The minimum absolute atomic E-state index is 0. The molecule has 29 heavy (non-hydrogen) atoms. The van der Waals surface area contributed by atoms with Crippen LogP contribution in [0.15, 0.2) is 0 Å². The molecule has 0 saturated heterocycles. The number of carbonyl (C=O) groups is 2. The first-order chi connectivity index (χ1) is 13.1. The van der Waals surface area contributed by atoms with Crippen LogP contribution in [0.2, 0.25) is 0 Å². The van der Waals surface area contributed by atoms with Crippen molar-refractivity contribution in [1.82, 2.24) is 0 Å². The van der Waals surface area contributed by atoms with Gasteiger partial charge in [0.05, 0.1) is 5.92 Å². The second-order valence-corrected chi connectivity index (χ2v) is 9.31. The molecule has 9 heteroatoms. The van der Waals surface area contributed by atoms with Gasteiger partial charge in [0.1, 0.15) is 0 Å². The van der Waals surface area contributed by atoms with Crippen LogP contribution >= 0.6 is 0 Å². The van der Waals surface area contributed by atoms with Crippen LogP contribution in [0, 0.1) is 5.92 Å². The SMILES string of the molecule is CCCCCCCCC(C(=O)O)C(CCCCCCCC)(C(=O)O)S(=O)(=O)O.[LiH]. The number of hydrogen-bond acceptors (Lipinski definition) is 4. The third-order valence-corrected chi connectivity index (χ3v) is 7.02. The first-order valence-electron chi connectivity index (χ1n) is 10.6. The summed E-state index contributed by atoms with van der Waals surface area (Å²) >= 11 is 0. The van der Waals surface area contributed by atoms with Gasteiger partial charge >= 0.3 is 30.8 Å². The van der Waals surface area contributed by atoms with E-state index in [0.717, 1.165) is 51.4 Å². The molecule has 0 aromatic heterocycles. The number of rotatable bonds is 18. The quantitative estimate of drug-likeness (QED) is 0.168. The van der Waals surface area contributed by atoms with E-state index in [-0.39, 0.29) is 38.1 Å². The topological polar surface area (TPSA) is 129 Å². The number of carboxylic acid groups (broad SMARTS) is 2. The van der Waals surface area contributed by atoms with Crippen molar-refractivity contribution in [2.24, 2.45) is 5.92 Å². The van der Waals surface area contributed by atoms with Gasteiger partial charge in [0.25, 0.3) is 10.1 Å². The molecule has 2 atom stereocenters. The van der Waals surface area contributed by atoms with E-state index in [1.807, 2.05) is 0 Å². The predicted octanol–water partition coefficient (Wildman–Crippen LogP) is 4.25. The summed E-state index contributed by atoms with van der Waals surface area (Å²) in [6.07, 6.45) is 9.43. The van der Waals surface area contributed by atoms with Crippen LogP contribution in [0.25, 0.3) is 0 Å². The number of carboxylic acids is 2. The van der Waals surface area contributed by atoms with E-state index < -0.39 is 32.7 Å². The van der Waals surface area contributed by atoms with E-state index in [1.165, 1.54) is 0 Å². The Morgan fingerprint density at radius 1 is 0.793 bits per heavy atom. The second kappa shape index (κ2) is 16.2. The van der Waals surface area contributed by atoms with Crippen LogP contribution in [-0.4, -0.2) is 58.7 Å². The zero-order valence-electron chi connectivity index (χ0n) is 17.4. The van der Waals surface area contributed by atoms with Gasteiger partial charge in [-0.1, -0.05) is 90.9 Å². The number of unbranched alkanes of at least 4 members (excludes halogenated alkanes) is 10. The van der Waals surface area contributed by atoms with Crippen molar-refractivity contribution in [3.05, 3.63) is 0 Å². The fourth-order valence-electron chi connectivity index (χ4n) is 3.70. The molecular weight excluding hydrogens is 391 g/mol. The zero-order chi connectivity index (χ0) is 21.6. The van der Waals surface area contributed by atoms with Gasteiger partial charge in [-0.25, -0.2) is 0 Å². The molecule has 0 heterocycles. The summed E-state index contributed by atoms with van der Waals surface area (Å²) in [7, 11) is -5.10. The summed E-state index contributed by atoms with van der Waals surface area (Å²) in [4.78, 5) is 23.8. The first kappa shape index (κ1) is 30.6. The molecule has 0 aliphatic rings. The molecule has 168 valence electrons. The van der Waals surface area contributed by atoms with Crippen molar-refractivity contribution in [2.75, 3.05) is 0 Å². The fraction of sp³-hybridized carbons (Fsp3) is 0.900. The van der Waals surface area contributed by atoms with E-state index in [9.17, 15) is 32.8 Å². The van der Waals surface area contributed by atoms with Crippen LogP contribution in [0.3, 0.4) is 0 Å². The summed E-state index contributed by atoms with van der Waals surface area (Å²) in [5.41, 5.74) is 0. The Labute approximate surface area is 188 Å². The normalized spacial score (nSPS) is 14.6. The maximum absolute atomic E-state index is 12.1. The Balaban J connectivity index is 0. The molecule has 0 aliphatic carbocycles. The van der Waals surface area contributed by atoms with Crippen molar-refractivity contribution in [3.8, 4) is 0 Å². The molecule has 0 aromatic carbocycles. The molecule has 0 spiro atoms. The van der Waals surface area contributed by atoms with Crippen LogP contribution in [0.1, 0.15) is 104 Å². The molecule has 3 N–H and O–H groups in total. The van der Waals surface area contributed by atoms with Gasteiger partial charge in [0.15, 0.2) is 0 Å². The van der Waals surface area contributed by atoms with E-state index in [1.54, 1.807) is 0 Å². The number of aliphatic carboxylic acids is 2. The minimum atomic E-state index is -5.10. The van der Waals surface area contributed by atoms with E-state index in [4.69, 9.17) is 0 Å². The summed E-state index contributed by atoms with van der Waals surface area (Å²) in [5, 5.41) is 19.3. The van der Waals surface area contributed by atoms with Crippen LogP contribution in [0.5, 0.6) is 0 Å². The van der Waals surface area contributed by atoms with Gasteiger partial charge in [-0.3, -0.25) is 14.1 Å². The van der Waals surface area contributed by atoms with Crippen LogP contribution in [0.4, 0.5) is 0 Å². The average Bonchev–Trinajstić information content (AvgIpc) is 2.60. The first-order valence-corrected chi connectivity index (χ1v) is 12.0. The molecule has 0 aromatic rings. The van der Waals surface area contributed by atoms with Crippen molar-refractivity contribution >= 4 is 40.9 Å². The van der Waals surface area contributed by atoms with E-state index in [0.29, 0.717) is 19.3 Å². The molecule has 0 radical (unpaired) electrons. The van der Waals surface area contributed by atoms with Gasteiger partial charge in [-0.2, -0.15) is 8.42 Å². The molecule has 0 rings (SSSR count). The summed E-state index contributed by atoms with van der Waals surface area (Å²) < 4.78 is 31.3. The molecule has 0 fully saturated rings. The molecule has 2 unspecified atom stereocenters. The summed E-state index contributed by atoms with van der Waals surface area (Å²) in [6, 6.07) is 0. The van der Waals surface area contributed by atoms with E-state index in [2.05, 4.69) is 13.8 Å². The average molecular weight is 431 g/mol. The molecule has 0 saturated carbocycles. The van der Waals surface area contributed by atoms with E-state index >= 15 is 0 Å². The van der Waals surface area contributed by atoms with Crippen molar-refractivity contribution < 1.29 is 32.8 Å². The second-order valence-electron chi connectivity index (χ2n) is 7.63. The van der Waals surface area contributed by atoms with Crippen LogP contribution < -0.4 is 0 Å². The predicted molar refractivity (Wildman–Crippen MR) is 116 cm³/mol.